The maximum absolute atomic E-state index is 12.4. The van der Waals surface area contributed by atoms with Crippen molar-refractivity contribution in [3.8, 4) is 0 Å². The van der Waals surface area contributed by atoms with Gasteiger partial charge < -0.3 is 14.4 Å². The molecule has 0 saturated carbocycles. The van der Waals surface area contributed by atoms with Crippen LogP contribution in [0.25, 0.3) is 0 Å². The fraction of sp³-hybridized carbons (Fsp3) is 0.353. The molecule has 1 aliphatic rings. The molecule has 6 nitrogen and oxygen atoms in total. The number of anilines is 1. The van der Waals surface area contributed by atoms with Crippen LogP contribution in [0.1, 0.15) is 11.1 Å². The fourth-order valence-electron chi connectivity index (χ4n) is 2.79. The van der Waals surface area contributed by atoms with E-state index in [0.717, 1.165) is 5.56 Å². The highest BCUT2D eigenvalue weighted by Crippen LogP contribution is 2.13. The molecular formula is C17H20N4O2. The third kappa shape index (κ3) is 3.26. The molecule has 0 bridgehead atoms. The predicted molar refractivity (Wildman–Crippen MR) is 88.3 cm³/mol. The van der Waals surface area contributed by atoms with Gasteiger partial charge in [0.25, 0.3) is 5.56 Å². The molecule has 0 aliphatic carbocycles. The molecule has 1 amide bonds. The van der Waals surface area contributed by atoms with Gasteiger partial charge in [0, 0.05) is 39.1 Å². The number of nitrogens with zero attached hydrogens (tertiary/aromatic N) is 4. The number of amides is 1. The van der Waals surface area contributed by atoms with Gasteiger partial charge in [0.2, 0.25) is 5.91 Å². The Morgan fingerprint density at radius 1 is 1.22 bits per heavy atom. The van der Waals surface area contributed by atoms with Crippen LogP contribution in [0.3, 0.4) is 0 Å². The second-order valence-corrected chi connectivity index (χ2v) is 5.89. The highest BCUT2D eigenvalue weighted by molar-refractivity contribution is 5.82. The average molecular weight is 312 g/mol. The Bertz CT molecular complexity index is 784. The number of piperazine rings is 1. The minimum atomic E-state index is -0.174. The predicted octanol–water partition coefficient (Wildman–Crippen LogP) is 0.938. The van der Waals surface area contributed by atoms with E-state index in [1.165, 1.54) is 10.1 Å². The Morgan fingerprint density at radius 3 is 2.78 bits per heavy atom. The van der Waals surface area contributed by atoms with Crippen LogP contribution in [0.15, 0.2) is 41.5 Å². The second-order valence-electron chi connectivity index (χ2n) is 5.89. The van der Waals surface area contributed by atoms with Crippen LogP contribution < -0.4 is 10.5 Å². The van der Waals surface area contributed by atoms with Gasteiger partial charge in [-0.15, -0.1) is 0 Å². The Labute approximate surface area is 135 Å². The SMILES string of the molecule is Cc1cccc(CN2CCN(c3nccn(C)c3=O)CC2=O)c1. The molecule has 1 aromatic heterocycles. The Kier molecular flexibility index (Phi) is 4.14. The summed E-state index contributed by atoms with van der Waals surface area (Å²) in [6, 6.07) is 8.17. The summed E-state index contributed by atoms with van der Waals surface area (Å²) in [5.74, 6) is 0.365. The van der Waals surface area contributed by atoms with Crippen molar-refractivity contribution in [2.75, 3.05) is 24.5 Å². The molecule has 23 heavy (non-hydrogen) atoms. The summed E-state index contributed by atoms with van der Waals surface area (Å²) >= 11 is 0. The van der Waals surface area contributed by atoms with E-state index in [1.807, 2.05) is 30.0 Å². The summed E-state index contributed by atoms with van der Waals surface area (Å²) in [4.78, 5) is 32.3. The van der Waals surface area contributed by atoms with Crippen LogP contribution >= 0.6 is 0 Å². The summed E-state index contributed by atoms with van der Waals surface area (Å²) in [7, 11) is 1.68. The fourth-order valence-corrected chi connectivity index (χ4v) is 2.79. The number of carbonyl (C=O) groups is 1. The van der Waals surface area contributed by atoms with Crippen molar-refractivity contribution in [1.82, 2.24) is 14.5 Å². The van der Waals surface area contributed by atoms with E-state index >= 15 is 0 Å². The summed E-state index contributed by atoms with van der Waals surface area (Å²) in [6.45, 7) is 4.04. The van der Waals surface area contributed by atoms with Crippen LogP contribution in [-0.2, 0) is 18.4 Å². The standard InChI is InChI=1S/C17H20N4O2/c1-13-4-3-5-14(10-13)11-20-8-9-21(12-15(20)22)16-17(23)19(2)7-6-18-16/h3-7,10H,8-9,11-12H2,1-2H3. The minimum Gasteiger partial charge on any atom is -0.341 e. The van der Waals surface area contributed by atoms with E-state index in [9.17, 15) is 9.59 Å². The van der Waals surface area contributed by atoms with Crippen LogP contribution in [-0.4, -0.2) is 40.0 Å². The molecule has 1 aromatic carbocycles. The lowest BCUT2D eigenvalue weighted by Crippen LogP contribution is -2.51. The third-order valence-electron chi connectivity index (χ3n) is 4.07. The highest BCUT2D eigenvalue weighted by Gasteiger charge is 2.26. The van der Waals surface area contributed by atoms with Crippen LogP contribution in [0.4, 0.5) is 5.82 Å². The molecule has 1 fully saturated rings. The van der Waals surface area contributed by atoms with E-state index in [0.29, 0.717) is 25.5 Å². The molecule has 0 N–H and O–H groups in total. The van der Waals surface area contributed by atoms with Gasteiger partial charge in [0.1, 0.15) is 0 Å². The van der Waals surface area contributed by atoms with Crippen molar-refractivity contribution in [2.24, 2.45) is 7.05 Å². The van der Waals surface area contributed by atoms with Gasteiger partial charge in [0.15, 0.2) is 5.82 Å². The highest BCUT2D eigenvalue weighted by atomic mass is 16.2. The molecule has 6 heteroatoms. The van der Waals surface area contributed by atoms with Gasteiger partial charge >= 0.3 is 0 Å². The molecule has 2 heterocycles. The van der Waals surface area contributed by atoms with E-state index in [-0.39, 0.29) is 18.0 Å². The van der Waals surface area contributed by atoms with E-state index < -0.39 is 0 Å². The number of benzene rings is 1. The van der Waals surface area contributed by atoms with Crippen LogP contribution in [0, 0.1) is 6.92 Å². The molecule has 0 spiro atoms. The molecular weight excluding hydrogens is 292 g/mol. The molecule has 3 rings (SSSR count). The first-order valence-corrected chi connectivity index (χ1v) is 7.64. The van der Waals surface area contributed by atoms with Gasteiger partial charge in [-0.1, -0.05) is 29.8 Å². The quantitative estimate of drug-likeness (QED) is 0.846. The Morgan fingerprint density at radius 2 is 2.04 bits per heavy atom. The molecule has 120 valence electrons. The summed E-state index contributed by atoms with van der Waals surface area (Å²) in [6.07, 6.45) is 3.20. The first kappa shape index (κ1) is 15.3. The maximum atomic E-state index is 12.4. The van der Waals surface area contributed by atoms with Gasteiger partial charge in [-0.25, -0.2) is 4.98 Å². The molecule has 0 radical (unpaired) electrons. The lowest BCUT2D eigenvalue weighted by atomic mass is 10.1. The number of hydrogen-bond donors (Lipinski definition) is 0. The largest absolute Gasteiger partial charge is 0.341 e. The van der Waals surface area contributed by atoms with Crippen molar-refractivity contribution >= 4 is 11.7 Å². The molecule has 1 saturated heterocycles. The van der Waals surface area contributed by atoms with Crippen LogP contribution in [0.5, 0.6) is 0 Å². The zero-order chi connectivity index (χ0) is 16.4. The molecule has 0 unspecified atom stereocenters. The first-order valence-electron chi connectivity index (χ1n) is 7.64. The molecule has 2 aromatic rings. The third-order valence-corrected chi connectivity index (χ3v) is 4.07. The lowest BCUT2D eigenvalue weighted by Gasteiger charge is -2.34. The van der Waals surface area contributed by atoms with Crippen LogP contribution in [0.2, 0.25) is 0 Å². The van der Waals surface area contributed by atoms with Gasteiger partial charge in [0.05, 0.1) is 6.54 Å². The second kappa shape index (κ2) is 6.24. The lowest BCUT2D eigenvalue weighted by molar-refractivity contribution is -0.131. The maximum Gasteiger partial charge on any atom is 0.293 e. The van der Waals surface area contributed by atoms with Crippen molar-refractivity contribution in [2.45, 2.75) is 13.5 Å². The topological polar surface area (TPSA) is 58.4 Å². The number of aromatic nitrogens is 2. The zero-order valence-electron chi connectivity index (χ0n) is 13.4. The number of carbonyl (C=O) groups excluding carboxylic acids is 1. The molecule has 1 aliphatic heterocycles. The van der Waals surface area contributed by atoms with Gasteiger partial charge in [-0.3, -0.25) is 9.59 Å². The number of aryl methyl sites for hydroxylation is 2. The summed E-state index contributed by atoms with van der Waals surface area (Å²) in [5, 5.41) is 0. The smallest absolute Gasteiger partial charge is 0.293 e. The van der Waals surface area contributed by atoms with Gasteiger partial charge in [-0.05, 0) is 12.5 Å². The van der Waals surface area contributed by atoms with Crippen molar-refractivity contribution < 1.29 is 4.79 Å². The van der Waals surface area contributed by atoms with Crippen molar-refractivity contribution in [1.29, 1.82) is 0 Å². The normalized spacial score (nSPS) is 15.1. The first-order chi connectivity index (χ1) is 11.0. The zero-order valence-corrected chi connectivity index (χ0v) is 13.4. The molecule has 0 atom stereocenters. The summed E-state index contributed by atoms with van der Waals surface area (Å²) < 4.78 is 1.48. The Balaban J connectivity index is 1.71. The summed E-state index contributed by atoms with van der Waals surface area (Å²) in [5.41, 5.74) is 2.14. The van der Waals surface area contributed by atoms with E-state index in [1.54, 1.807) is 24.3 Å². The minimum absolute atomic E-state index is 0.0189. The van der Waals surface area contributed by atoms with E-state index in [2.05, 4.69) is 11.1 Å². The van der Waals surface area contributed by atoms with Crippen molar-refractivity contribution in [3.63, 3.8) is 0 Å². The monoisotopic (exact) mass is 312 g/mol. The van der Waals surface area contributed by atoms with E-state index in [4.69, 9.17) is 0 Å². The number of hydrogen-bond acceptors (Lipinski definition) is 4. The van der Waals surface area contributed by atoms with Crippen molar-refractivity contribution in [3.05, 3.63) is 58.1 Å². The Hall–Kier alpha value is -2.63. The van der Waals surface area contributed by atoms with Gasteiger partial charge in [-0.2, -0.15) is 0 Å². The number of rotatable bonds is 3. The average Bonchev–Trinajstić information content (AvgIpc) is 2.52.